The van der Waals surface area contributed by atoms with Gasteiger partial charge in [0.2, 0.25) is 11.8 Å². The van der Waals surface area contributed by atoms with Crippen molar-refractivity contribution in [1.82, 2.24) is 20.4 Å². The van der Waals surface area contributed by atoms with Crippen molar-refractivity contribution in [1.29, 1.82) is 0 Å². The first-order chi connectivity index (χ1) is 17.3. The molecule has 1 aromatic heterocycles. The summed E-state index contributed by atoms with van der Waals surface area (Å²) in [5.41, 5.74) is 1.95. The van der Waals surface area contributed by atoms with E-state index in [2.05, 4.69) is 21.0 Å². The predicted molar refractivity (Wildman–Crippen MR) is 136 cm³/mol. The molecule has 0 fully saturated rings. The molecule has 10 heteroatoms. The molecule has 0 saturated carbocycles. The Balaban J connectivity index is 1.54. The van der Waals surface area contributed by atoms with E-state index in [4.69, 9.17) is 4.74 Å². The van der Waals surface area contributed by atoms with Crippen molar-refractivity contribution in [3.8, 4) is 17.0 Å². The van der Waals surface area contributed by atoms with E-state index in [1.165, 1.54) is 13.0 Å². The Kier molecular flexibility index (Phi) is 8.93. The number of amides is 3. The van der Waals surface area contributed by atoms with Gasteiger partial charge in [-0.15, -0.1) is 0 Å². The van der Waals surface area contributed by atoms with Gasteiger partial charge in [0.1, 0.15) is 11.8 Å². The van der Waals surface area contributed by atoms with Crippen molar-refractivity contribution in [2.45, 2.75) is 26.8 Å². The van der Waals surface area contributed by atoms with Crippen molar-refractivity contribution < 1.29 is 19.1 Å². The molecule has 0 aliphatic carbocycles. The highest BCUT2D eigenvalue weighted by Crippen LogP contribution is 2.20. The normalized spacial score (nSPS) is 11.3. The Morgan fingerprint density at radius 1 is 0.944 bits per heavy atom. The molecular weight excluding hydrogens is 462 g/mol. The molecule has 0 spiro atoms. The minimum absolute atomic E-state index is 0.173. The molecule has 10 nitrogen and oxygen atoms in total. The van der Waals surface area contributed by atoms with E-state index >= 15 is 0 Å². The maximum Gasteiger partial charge on any atom is 0.267 e. The van der Waals surface area contributed by atoms with Crippen LogP contribution in [0.15, 0.2) is 65.5 Å². The van der Waals surface area contributed by atoms with Crippen molar-refractivity contribution in [3.63, 3.8) is 0 Å². The van der Waals surface area contributed by atoms with E-state index < -0.39 is 17.5 Å². The Morgan fingerprint density at radius 3 is 2.25 bits per heavy atom. The SMILES string of the molecule is CCOc1ccc(-c2ccc(=O)n(C(C)C(=O)NCCNC(=O)c3ccc(NC(C)=O)cc3)n2)cc1. The second kappa shape index (κ2) is 12.3. The molecule has 3 aromatic rings. The molecule has 2 aromatic carbocycles. The molecule has 1 atom stereocenters. The molecule has 1 unspecified atom stereocenters. The number of nitrogens with one attached hydrogen (secondary N) is 3. The van der Waals surface area contributed by atoms with Crippen molar-refractivity contribution in [2.24, 2.45) is 0 Å². The zero-order valence-corrected chi connectivity index (χ0v) is 20.4. The Bertz CT molecular complexity index is 1270. The van der Waals surface area contributed by atoms with Gasteiger partial charge in [0.25, 0.3) is 11.5 Å². The van der Waals surface area contributed by atoms with Crippen LogP contribution in [0.25, 0.3) is 11.3 Å². The number of ether oxygens (including phenoxy) is 1. The lowest BCUT2D eigenvalue weighted by molar-refractivity contribution is -0.124. The fourth-order valence-corrected chi connectivity index (χ4v) is 3.38. The lowest BCUT2D eigenvalue weighted by Gasteiger charge is -2.15. The van der Waals surface area contributed by atoms with E-state index in [0.29, 0.717) is 23.6 Å². The second-order valence-corrected chi connectivity index (χ2v) is 7.94. The van der Waals surface area contributed by atoms with Crippen LogP contribution in [0.2, 0.25) is 0 Å². The standard InChI is InChI=1S/C26H29N5O5/c1-4-36-22-11-7-19(8-12-22)23-13-14-24(33)31(30-23)17(2)25(34)27-15-16-28-26(35)20-5-9-21(10-6-20)29-18(3)32/h5-14,17H,4,15-16H2,1-3H3,(H,27,34)(H,28,35)(H,29,32). The average Bonchev–Trinajstić information content (AvgIpc) is 2.87. The van der Waals surface area contributed by atoms with E-state index in [-0.39, 0.29) is 24.9 Å². The quantitative estimate of drug-likeness (QED) is 0.373. The number of aromatic nitrogens is 2. The highest BCUT2D eigenvalue weighted by molar-refractivity contribution is 5.95. The highest BCUT2D eigenvalue weighted by Gasteiger charge is 2.18. The fraction of sp³-hybridized carbons (Fsp3) is 0.269. The van der Waals surface area contributed by atoms with E-state index in [1.807, 2.05) is 31.2 Å². The van der Waals surface area contributed by atoms with E-state index in [1.54, 1.807) is 37.3 Å². The van der Waals surface area contributed by atoms with Crippen LogP contribution in [0.5, 0.6) is 5.75 Å². The maximum absolute atomic E-state index is 12.6. The van der Waals surface area contributed by atoms with Crippen LogP contribution >= 0.6 is 0 Å². The van der Waals surface area contributed by atoms with Gasteiger partial charge < -0.3 is 20.7 Å². The number of carbonyl (C=O) groups excluding carboxylic acids is 3. The zero-order valence-electron chi connectivity index (χ0n) is 20.4. The van der Waals surface area contributed by atoms with Crippen LogP contribution in [-0.4, -0.2) is 47.2 Å². The molecule has 188 valence electrons. The third kappa shape index (κ3) is 7.02. The summed E-state index contributed by atoms with van der Waals surface area (Å²) in [7, 11) is 0. The van der Waals surface area contributed by atoms with Gasteiger partial charge in [0, 0.05) is 42.9 Å². The minimum atomic E-state index is -0.850. The van der Waals surface area contributed by atoms with Crippen LogP contribution in [-0.2, 0) is 9.59 Å². The van der Waals surface area contributed by atoms with Gasteiger partial charge in [0.05, 0.1) is 12.3 Å². The summed E-state index contributed by atoms with van der Waals surface area (Å²) in [5, 5.41) is 12.4. The fourth-order valence-electron chi connectivity index (χ4n) is 3.38. The molecule has 0 aliphatic heterocycles. The number of rotatable bonds is 10. The number of carbonyl (C=O) groups is 3. The lowest BCUT2D eigenvalue weighted by atomic mass is 10.1. The number of hydrogen-bond acceptors (Lipinski definition) is 6. The monoisotopic (exact) mass is 491 g/mol. The van der Waals surface area contributed by atoms with Gasteiger partial charge >= 0.3 is 0 Å². The third-order valence-corrected chi connectivity index (χ3v) is 5.21. The van der Waals surface area contributed by atoms with Gasteiger partial charge in [-0.05, 0) is 68.4 Å². The Labute approximate surface area is 208 Å². The smallest absolute Gasteiger partial charge is 0.267 e. The third-order valence-electron chi connectivity index (χ3n) is 5.21. The Morgan fingerprint density at radius 2 is 1.61 bits per heavy atom. The zero-order chi connectivity index (χ0) is 26.1. The number of benzene rings is 2. The van der Waals surface area contributed by atoms with Crippen molar-refractivity contribution in [2.75, 3.05) is 25.0 Å². The summed E-state index contributed by atoms with van der Waals surface area (Å²) >= 11 is 0. The molecule has 0 aliphatic rings. The van der Waals surface area contributed by atoms with Crippen molar-refractivity contribution in [3.05, 3.63) is 76.6 Å². The summed E-state index contributed by atoms with van der Waals surface area (Å²) in [6, 6.07) is 15.9. The average molecular weight is 492 g/mol. The van der Waals surface area contributed by atoms with Crippen molar-refractivity contribution >= 4 is 23.4 Å². The molecule has 0 saturated heterocycles. The second-order valence-electron chi connectivity index (χ2n) is 7.94. The molecule has 3 N–H and O–H groups in total. The molecule has 0 bridgehead atoms. The largest absolute Gasteiger partial charge is 0.494 e. The first-order valence-corrected chi connectivity index (χ1v) is 11.5. The first kappa shape index (κ1) is 26.1. The summed E-state index contributed by atoms with van der Waals surface area (Å²) in [4.78, 5) is 48.4. The predicted octanol–water partition coefficient (Wildman–Crippen LogP) is 2.37. The lowest BCUT2D eigenvalue weighted by Crippen LogP contribution is -2.40. The molecule has 3 amide bonds. The molecule has 0 radical (unpaired) electrons. The van der Waals surface area contributed by atoms with Crippen LogP contribution in [0.4, 0.5) is 5.69 Å². The van der Waals surface area contributed by atoms with Crippen LogP contribution in [0, 0.1) is 0 Å². The topological polar surface area (TPSA) is 131 Å². The number of hydrogen-bond donors (Lipinski definition) is 3. The highest BCUT2D eigenvalue weighted by atomic mass is 16.5. The van der Waals surface area contributed by atoms with Gasteiger partial charge in [-0.25, -0.2) is 4.68 Å². The molecule has 36 heavy (non-hydrogen) atoms. The molecule has 1 heterocycles. The minimum Gasteiger partial charge on any atom is -0.494 e. The number of anilines is 1. The van der Waals surface area contributed by atoms with Gasteiger partial charge in [0.15, 0.2) is 0 Å². The van der Waals surface area contributed by atoms with Gasteiger partial charge in [-0.3, -0.25) is 19.2 Å². The maximum atomic E-state index is 12.6. The van der Waals surface area contributed by atoms with Crippen LogP contribution < -0.4 is 26.2 Å². The van der Waals surface area contributed by atoms with Crippen LogP contribution in [0.3, 0.4) is 0 Å². The summed E-state index contributed by atoms with van der Waals surface area (Å²) < 4.78 is 6.58. The van der Waals surface area contributed by atoms with Gasteiger partial charge in [-0.1, -0.05) is 0 Å². The Hall–Kier alpha value is -4.47. The summed E-state index contributed by atoms with van der Waals surface area (Å²) in [6.07, 6.45) is 0. The summed E-state index contributed by atoms with van der Waals surface area (Å²) in [5.74, 6) is -0.177. The van der Waals surface area contributed by atoms with Crippen LogP contribution in [0.1, 0.15) is 37.2 Å². The van der Waals surface area contributed by atoms with E-state index in [9.17, 15) is 19.2 Å². The summed E-state index contributed by atoms with van der Waals surface area (Å²) in [6.45, 7) is 5.82. The molecular formula is C26H29N5O5. The van der Waals surface area contributed by atoms with E-state index in [0.717, 1.165) is 16.0 Å². The molecule has 3 rings (SSSR count). The van der Waals surface area contributed by atoms with Gasteiger partial charge in [-0.2, -0.15) is 5.10 Å². The number of nitrogens with zero attached hydrogens (tertiary/aromatic N) is 2. The first-order valence-electron chi connectivity index (χ1n) is 11.5.